The number of nitrogens with zero attached hydrogens (tertiary/aromatic N) is 1. The maximum Gasteiger partial charge on any atom is 0.279 e. The fourth-order valence-electron chi connectivity index (χ4n) is 3.07. The minimum Gasteiger partial charge on any atom is -0.202 e. The van der Waals surface area contributed by atoms with Crippen molar-refractivity contribution in [3.8, 4) is 0 Å². The van der Waals surface area contributed by atoms with Gasteiger partial charge in [0, 0.05) is 24.1 Å². The van der Waals surface area contributed by atoms with Gasteiger partial charge in [0.05, 0.1) is 0 Å². The second-order valence-corrected chi connectivity index (χ2v) is 9.26. The van der Waals surface area contributed by atoms with E-state index < -0.39 is 10.2 Å². The zero-order chi connectivity index (χ0) is 15.6. The first kappa shape index (κ1) is 16.4. The van der Waals surface area contributed by atoms with Crippen molar-refractivity contribution in [1.82, 2.24) is 9.03 Å². The van der Waals surface area contributed by atoms with Crippen molar-refractivity contribution in [2.75, 3.05) is 19.6 Å². The molecule has 0 amide bonds. The Morgan fingerprint density at radius 2 is 1.73 bits per heavy atom. The zero-order valence-electron chi connectivity index (χ0n) is 12.7. The third-order valence-electron chi connectivity index (χ3n) is 4.73. The number of benzene rings is 1. The highest BCUT2D eigenvalue weighted by atomic mass is 79.9. The lowest BCUT2D eigenvalue weighted by Gasteiger charge is -2.27. The summed E-state index contributed by atoms with van der Waals surface area (Å²) in [6.07, 6.45) is 6.25. The molecule has 0 aromatic heterocycles. The van der Waals surface area contributed by atoms with Crippen molar-refractivity contribution >= 4 is 26.1 Å². The van der Waals surface area contributed by atoms with Gasteiger partial charge >= 0.3 is 0 Å². The normalized spacial score (nSPS) is 21.7. The zero-order valence-corrected chi connectivity index (χ0v) is 15.1. The van der Waals surface area contributed by atoms with Crippen molar-refractivity contribution in [1.29, 1.82) is 0 Å². The van der Waals surface area contributed by atoms with Crippen LogP contribution in [0.1, 0.15) is 37.7 Å². The Morgan fingerprint density at radius 1 is 1.09 bits per heavy atom. The van der Waals surface area contributed by atoms with Crippen molar-refractivity contribution < 1.29 is 8.42 Å². The molecule has 122 valence electrons. The molecule has 1 saturated heterocycles. The van der Waals surface area contributed by atoms with Crippen LogP contribution in [-0.4, -0.2) is 32.4 Å². The average molecular weight is 387 g/mol. The van der Waals surface area contributed by atoms with E-state index in [9.17, 15) is 8.42 Å². The molecule has 0 unspecified atom stereocenters. The molecule has 1 saturated carbocycles. The van der Waals surface area contributed by atoms with Gasteiger partial charge in [-0.15, -0.1) is 0 Å². The Hall–Kier alpha value is -0.430. The van der Waals surface area contributed by atoms with Crippen molar-refractivity contribution in [3.63, 3.8) is 0 Å². The predicted molar refractivity (Wildman–Crippen MR) is 91.9 cm³/mol. The Morgan fingerprint density at radius 3 is 2.32 bits per heavy atom. The first-order valence-electron chi connectivity index (χ1n) is 7.98. The largest absolute Gasteiger partial charge is 0.279 e. The van der Waals surface area contributed by atoms with E-state index in [1.54, 1.807) is 4.31 Å². The molecule has 1 aliphatic carbocycles. The third kappa shape index (κ3) is 4.10. The van der Waals surface area contributed by atoms with Crippen molar-refractivity contribution in [2.45, 2.75) is 38.5 Å². The number of hydrogen-bond donors (Lipinski definition) is 1. The SMILES string of the molecule is O=S(=O)(NCC1(Cc2ccc(Br)cc2)CC1)N1CCCCC1. The minimum absolute atomic E-state index is 0.122. The van der Waals surface area contributed by atoms with Crippen LogP contribution in [0.15, 0.2) is 28.7 Å². The quantitative estimate of drug-likeness (QED) is 0.816. The monoisotopic (exact) mass is 386 g/mol. The average Bonchev–Trinajstić information content (AvgIpc) is 3.29. The Bertz CT molecular complexity index is 606. The first-order valence-corrected chi connectivity index (χ1v) is 10.2. The van der Waals surface area contributed by atoms with Gasteiger partial charge in [-0.25, -0.2) is 4.72 Å². The standard InChI is InChI=1S/C16H23BrN2O2S/c17-15-6-4-14(5-7-15)12-16(8-9-16)13-18-22(20,21)19-10-2-1-3-11-19/h4-7,18H,1-3,8-13H2. The Kier molecular flexibility index (Phi) is 4.92. The highest BCUT2D eigenvalue weighted by Crippen LogP contribution is 2.48. The fourth-order valence-corrected chi connectivity index (χ4v) is 4.74. The lowest BCUT2D eigenvalue weighted by atomic mass is 9.97. The van der Waals surface area contributed by atoms with Crippen molar-refractivity contribution in [3.05, 3.63) is 34.3 Å². The van der Waals surface area contributed by atoms with Gasteiger partial charge in [-0.1, -0.05) is 34.5 Å². The number of piperidine rings is 1. The van der Waals surface area contributed by atoms with E-state index in [2.05, 4.69) is 32.8 Å². The van der Waals surface area contributed by atoms with E-state index in [-0.39, 0.29) is 5.41 Å². The molecule has 4 nitrogen and oxygen atoms in total. The highest BCUT2D eigenvalue weighted by molar-refractivity contribution is 9.10. The molecule has 22 heavy (non-hydrogen) atoms. The van der Waals surface area contributed by atoms with Crippen LogP contribution in [0.25, 0.3) is 0 Å². The predicted octanol–water partition coefficient (Wildman–Crippen LogP) is 3.09. The molecule has 0 atom stereocenters. The maximum atomic E-state index is 12.4. The van der Waals surface area contributed by atoms with Crippen LogP contribution in [0.3, 0.4) is 0 Å². The van der Waals surface area contributed by atoms with Crippen LogP contribution >= 0.6 is 15.9 Å². The molecule has 2 fully saturated rings. The van der Waals surface area contributed by atoms with Gasteiger partial charge in [0.15, 0.2) is 0 Å². The molecular weight excluding hydrogens is 364 g/mol. The summed E-state index contributed by atoms with van der Waals surface area (Å²) in [5, 5.41) is 0. The lowest BCUT2D eigenvalue weighted by molar-refractivity contribution is 0.338. The molecule has 1 aromatic carbocycles. The summed E-state index contributed by atoms with van der Waals surface area (Å²) < 4.78 is 30.3. The van der Waals surface area contributed by atoms with Crippen LogP contribution in [0.5, 0.6) is 0 Å². The van der Waals surface area contributed by atoms with Crippen LogP contribution in [-0.2, 0) is 16.6 Å². The first-order chi connectivity index (χ1) is 10.5. The number of hydrogen-bond acceptors (Lipinski definition) is 2. The van der Waals surface area contributed by atoms with Crippen molar-refractivity contribution in [2.24, 2.45) is 5.41 Å². The summed E-state index contributed by atoms with van der Waals surface area (Å²) in [7, 11) is -3.30. The van der Waals surface area contributed by atoms with E-state index in [0.29, 0.717) is 19.6 Å². The molecular formula is C16H23BrN2O2S. The summed E-state index contributed by atoms with van der Waals surface area (Å²) >= 11 is 3.44. The van der Waals surface area contributed by atoms with Gasteiger partial charge < -0.3 is 0 Å². The lowest BCUT2D eigenvalue weighted by Crippen LogP contribution is -2.45. The van der Waals surface area contributed by atoms with E-state index >= 15 is 0 Å². The maximum absolute atomic E-state index is 12.4. The smallest absolute Gasteiger partial charge is 0.202 e. The minimum atomic E-state index is -3.30. The van der Waals surface area contributed by atoms with E-state index in [0.717, 1.165) is 43.0 Å². The molecule has 1 aromatic rings. The fraction of sp³-hybridized carbons (Fsp3) is 0.625. The number of halogens is 1. The van der Waals surface area contributed by atoms with Gasteiger partial charge in [0.1, 0.15) is 0 Å². The summed E-state index contributed by atoms with van der Waals surface area (Å²) in [5.74, 6) is 0. The number of rotatable bonds is 6. The summed E-state index contributed by atoms with van der Waals surface area (Å²) in [6.45, 7) is 1.88. The van der Waals surface area contributed by atoms with Crippen LogP contribution < -0.4 is 4.72 Å². The van der Waals surface area contributed by atoms with Gasteiger partial charge in [-0.3, -0.25) is 0 Å². The second kappa shape index (κ2) is 6.59. The van der Waals surface area contributed by atoms with Crippen LogP contribution in [0.2, 0.25) is 0 Å². The topological polar surface area (TPSA) is 49.4 Å². The molecule has 1 heterocycles. The van der Waals surface area contributed by atoms with Crippen LogP contribution in [0, 0.1) is 5.41 Å². The van der Waals surface area contributed by atoms with E-state index in [1.807, 2.05) is 12.1 Å². The van der Waals surface area contributed by atoms with Gasteiger partial charge in [-0.2, -0.15) is 12.7 Å². The highest BCUT2D eigenvalue weighted by Gasteiger charge is 2.43. The Balaban J connectivity index is 1.57. The van der Waals surface area contributed by atoms with Gasteiger partial charge in [0.2, 0.25) is 0 Å². The van der Waals surface area contributed by atoms with Gasteiger partial charge in [0.25, 0.3) is 10.2 Å². The summed E-state index contributed by atoms with van der Waals surface area (Å²) in [4.78, 5) is 0. The Labute approximate surface area is 141 Å². The number of nitrogens with one attached hydrogen (secondary N) is 1. The molecule has 3 rings (SSSR count). The molecule has 6 heteroatoms. The van der Waals surface area contributed by atoms with E-state index in [1.165, 1.54) is 5.56 Å². The van der Waals surface area contributed by atoms with Gasteiger partial charge in [-0.05, 0) is 55.2 Å². The third-order valence-corrected chi connectivity index (χ3v) is 6.82. The molecule has 0 spiro atoms. The molecule has 1 aliphatic heterocycles. The molecule has 2 aliphatic rings. The summed E-state index contributed by atoms with van der Waals surface area (Å²) in [6, 6.07) is 8.32. The van der Waals surface area contributed by atoms with Crippen LogP contribution in [0.4, 0.5) is 0 Å². The molecule has 1 N–H and O–H groups in total. The molecule has 0 radical (unpaired) electrons. The summed E-state index contributed by atoms with van der Waals surface area (Å²) in [5.41, 5.74) is 1.40. The van der Waals surface area contributed by atoms with E-state index in [4.69, 9.17) is 0 Å². The second-order valence-electron chi connectivity index (χ2n) is 6.59. The molecule has 0 bridgehead atoms.